The summed E-state index contributed by atoms with van der Waals surface area (Å²) >= 11 is 0. The van der Waals surface area contributed by atoms with Gasteiger partial charge in [0.05, 0.1) is 12.3 Å². The van der Waals surface area contributed by atoms with E-state index in [-0.39, 0.29) is 23.9 Å². The number of nitrogens with zero attached hydrogens (tertiary/aromatic N) is 4. The van der Waals surface area contributed by atoms with E-state index in [1.807, 2.05) is 0 Å². The van der Waals surface area contributed by atoms with E-state index in [4.69, 9.17) is 9.47 Å². The minimum absolute atomic E-state index is 0.104. The van der Waals surface area contributed by atoms with E-state index >= 15 is 0 Å². The van der Waals surface area contributed by atoms with Gasteiger partial charge < -0.3 is 14.2 Å². The summed E-state index contributed by atoms with van der Waals surface area (Å²) in [5.41, 5.74) is -0.830. The lowest BCUT2D eigenvalue weighted by atomic mass is 9.94. The van der Waals surface area contributed by atoms with E-state index in [0.717, 1.165) is 28.9 Å². The van der Waals surface area contributed by atoms with Crippen LogP contribution in [0.25, 0.3) is 5.69 Å². The van der Waals surface area contributed by atoms with Crippen molar-refractivity contribution in [3.05, 3.63) is 59.7 Å². The number of aromatic nitrogens is 4. The Balaban J connectivity index is 1.52. The van der Waals surface area contributed by atoms with Gasteiger partial charge >= 0.3 is 18.5 Å². The maximum atomic E-state index is 14.2. The zero-order valence-electron chi connectivity index (χ0n) is 16.2. The standard InChI is InChI=1S/C19H14F6N4O3/c1-10(18(9-30-18)14-7-2-11(20)8-15(14)21)31-17-26-27-28-29(17)12-3-5-13(6-4-12)32-19(24,25)16(22)23/h2-8,10,16H,9H2,1H3/t10-,18-/m1/s1. The molecule has 1 aliphatic heterocycles. The Kier molecular flexibility index (Phi) is 5.44. The highest BCUT2D eigenvalue weighted by atomic mass is 19.3. The number of hydrogen-bond acceptors (Lipinski definition) is 6. The quantitative estimate of drug-likeness (QED) is 0.375. The smallest absolute Gasteiger partial charge is 0.456 e. The van der Waals surface area contributed by atoms with Gasteiger partial charge in [0.2, 0.25) is 0 Å². The lowest BCUT2D eigenvalue weighted by Gasteiger charge is -2.21. The molecule has 2 aromatic carbocycles. The Labute approximate surface area is 176 Å². The molecule has 1 fully saturated rings. The number of alkyl halides is 4. The molecule has 3 aromatic rings. The highest BCUT2D eigenvalue weighted by Gasteiger charge is 2.55. The van der Waals surface area contributed by atoms with Crippen molar-refractivity contribution in [1.29, 1.82) is 0 Å². The second kappa shape index (κ2) is 7.97. The molecule has 32 heavy (non-hydrogen) atoms. The Bertz CT molecular complexity index is 1100. The predicted molar refractivity (Wildman–Crippen MR) is 94.8 cm³/mol. The molecule has 170 valence electrons. The molecule has 0 N–H and O–H groups in total. The molecule has 1 saturated heterocycles. The molecule has 0 saturated carbocycles. The summed E-state index contributed by atoms with van der Waals surface area (Å²) in [6.07, 6.45) is -9.44. The highest BCUT2D eigenvalue weighted by Crippen LogP contribution is 2.44. The second-order valence-corrected chi connectivity index (χ2v) is 6.89. The SMILES string of the molecule is C[C@@H](Oc1nnnn1-c1ccc(OC(F)(F)C(F)F)cc1)[C@@]1(c2ccc(F)cc2F)CO1. The summed E-state index contributed by atoms with van der Waals surface area (Å²) in [7, 11) is 0. The molecule has 4 rings (SSSR count). The summed E-state index contributed by atoms with van der Waals surface area (Å²) in [6.45, 7) is 1.70. The first kappa shape index (κ1) is 21.9. The largest absolute Gasteiger partial charge is 0.461 e. The fourth-order valence-electron chi connectivity index (χ4n) is 3.04. The van der Waals surface area contributed by atoms with Crippen LogP contribution >= 0.6 is 0 Å². The fraction of sp³-hybridized carbons (Fsp3) is 0.316. The van der Waals surface area contributed by atoms with Gasteiger partial charge in [0.25, 0.3) is 0 Å². The normalized spacial score (nSPS) is 19.1. The molecule has 1 aliphatic rings. The number of benzene rings is 2. The number of hydrogen-bond donors (Lipinski definition) is 0. The van der Waals surface area contributed by atoms with Gasteiger partial charge in [-0.25, -0.2) is 8.78 Å². The topological polar surface area (TPSA) is 74.6 Å². The molecule has 7 nitrogen and oxygen atoms in total. The van der Waals surface area contributed by atoms with Crippen LogP contribution in [0.1, 0.15) is 12.5 Å². The zero-order chi connectivity index (χ0) is 23.1. The van der Waals surface area contributed by atoms with E-state index in [9.17, 15) is 26.3 Å². The number of rotatable bonds is 8. The summed E-state index contributed by atoms with van der Waals surface area (Å²) < 4.78 is 94.3. The van der Waals surface area contributed by atoms with E-state index in [1.54, 1.807) is 6.92 Å². The molecule has 0 bridgehead atoms. The van der Waals surface area contributed by atoms with Gasteiger partial charge in [-0.3, -0.25) is 0 Å². The molecule has 1 aromatic heterocycles. The van der Waals surface area contributed by atoms with Crippen molar-refractivity contribution >= 4 is 0 Å². The monoisotopic (exact) mass is 460 g/mol. The Morgan fingerprint density at radius 2 is 1.81 bits per heavy atom. The van der Waals surface area contributed by atoms with Crippen molar-refractivity contribution in [1.82, 2.24) is 20.2 Å². The predicted octanol–water partition coefficient (Wildman–Crippen LogP) is 3.87. The van der Waals surface area contributed by atoms with Crippen LogP contribution in [0.3, 0.4) is 0 Å². The van der Waals surface area contributed by atoms with Gasteiger partial charge in [-0.1, -0.05) is 11.2 Å². The van der Waals surface area contributed by atoms with Crippen molar-refractivity contribution in [3.63, 3.8) is 0 Å². The van der Waals surface area contributed by atoms with Crippen LogP contribution in [-0.4, -0.2) is 45.5 Å². The molecule has 0 unspecified atom stereocenters. The van der Waals surface area contributed by atoms with Crippen molar-refractivity contribution in [2.24, 2.45) is 0 Å². The summed E-state index contributed by atoms with van der Waals surface area (Å²) in [5.74, 6) is -2.04. The van der Waals surface area contributed by atoms with Gasteiger partial charge in [0, 0.05) is 11.6 Å². The Hall–Kier alpha value is -3.35. The molecule has 0 radical (unpaired) electrons. The average Bonchev–Trinajstić information content (AvgIpc) is 3.41. The van der Waals surface area contributed by atoms with Crippen molar-refractivity contribution in [2.75, 3.05) is 6.61 Å². The maximum Gasteiger partial charge on any atom is 0.461 e. The molecule has 0 amide bonds. The molecule has 0 spiro atoms. The summed E-state index contributed by atoms with van der Waals surface area (Å²) in [5, 5.41) is 10.9. The molecule has 2 heterocycles. The van der Waals surface area contributed by atoms with Gasteiger partial charge in [-0.2, -0.15) is 22.2 Å². The van der Waals surface area contributed by atoms with Crippen molar-refractivity contribution in [2.45, 2.75) is 31.2 Å². The maximum absolute atomic E-state index is 14.2. The lowest BCUT2D eigenvalue weighted by Crippen LogP contribution is -2.33. The van der Waals surface area contributed by atoms with Crippen LogP contribution in [0.2, 0.25) is 0 Å². The van der Waals surface area contributed by atoms with E-state index < -0.39 is 41.6 Å². The van der Waals surface area contributed by atoms with E-state index in [1.165, 1.54) is 18.2 Å². The van der Waals surface area contributed by atoms with Gasteiger partial charge in [0.1, 0.15) is 23.5 Å². The zero-order valence-corrected chi connectivity index (χ0v) is 16.2. The minimum Gasteiger partial charge on any atom is -0.456 e. The average molecular weight is 460 g/mol. The number of ether oxygens (including phenoxy) is 3. The van der Waals surface area contributed by atoms with E-state index in [0.29, 0.717) is 0 Å². The van der Waals surface area contributed by atoms with E-state index in [2.05, 4.69) is 20.3 Å². The molecule has 13 heteroatoms. The molecular formula is C19H14F6N4O3. The Morgan fingerprint density at radius 1 is 1.12 bits per heavy atom. The van der Waals surface area contributed by atoms with Crippen molar-refractivity contribution < 1.29 is 40.6 Å². The first-order valence-corrected chi connectivity index (χ1v) is 9.12. The van der Waals surface area contributed by atoms with Crippen LogP contribution in [-0.2, 0) is 10.3 Å². The van der Waals surface area contributed by atoms with Gasteiger partial charge in [-0.05, 0) is 47.7 Å². The second-order valence-electron chi connectivity index (χ2n) is 6.89. The summed E-state index contributed by atoms with van der Waals surface area (Å²) in [4.78, 5) is 0. The third-order valence-electron chi connectivity index (χ3n) is 4.81. The van der Waals surface area contributed by atoms with Crippen LogP contribution in [0.4, 0.5) is 26.3 Å². The molecular weight excluding hydrogens is 446 g/mol. The minimum atomic E-state index is -4.64. The van der Waals surface area contributed by atoms with Crippen LogP contribution < -0.4 is 9.47 Å². The van der Waals surface area contributed by atoms with Gasteiger partial charge in [-0.15, -0.1) is 0 Å². The molecule has 0 aliphatic carbocycles. The molecule has 2 atom stereocenters. The third-order valence-corrected chi connectivity index (χ3v) is 4.81. The summed E-state index contributed by atoms with van der Waals surface area (Å²) in [6, 6.07) is 7.49. The first-order valence-electron chi connectivity index (χ1n) is 9.12. The van der Waals surface area contributed by atoms with Gasteiger partial charge in [0.15, 0.2) is 5.60 Å². The highest BCUT2D eigenvalue weighted by molar-refractivity contribution is 5.38. The van der Waals surface area contributed by atoms with Crippen LogP contribution in [0, 0.1) is 11.6 Å². The number of tetrazole rings is 1. The number of halogens is 6. The lowest BCUT2D eigenvalue weighted by molar-refractivity contribution is -0.253. The first-order chi connectivity index (χ1) is 15.1. The Morgan fingerprint density at radius 3 is 2.41 bits per heavy atom. The van der Waals surface area contributed by atoms with Crippen molar-refractivity contribution in [3.8, 4) is 17.4 Å². The van der Waals surface area contributed by atoms with Crippen LogP contribution in [0.5, 0.6) is 11.8 Å². The number of epoxide rings is 1. The fourth-order valence-corrected chi connectivity index (χ4v) is 3.04. The van der Waals surface area contributed by atoms with Crippen LogP contribution in [0.15, 0.2) is 42.5 Å². The third kappa shape index (κ3) is 4.07.